The van der Waals surface area contributed by atoms with Crippen LogP contribution in [0, 0.1) is 0 Å². The molecule has 0 bridgehead atoms. The smallest absolute Gasteiger partial charge is 0.147 e. The molecule has 6 heteroatoms. The zero-order valence-electron chi connectivity index (χ0n) is 18.4. The molecule has 2 fully saturated rings. The number of likely N-dealkylation sites (tertiary alicyclic amines) is 1. The molecule has 0 unspecified atom stereocenters. The molecular weight excluding hydrogens is 406 g/mol. The number of furan rings is 1. The molecule has 5 rings (SSSR count). The topological polar surface area (TPSA) is 80.0 Å². The molecule has 1 aliphatic carbocycles. The molecule has 2 aromatic carbocycles. The van der Waals surface area contributed by atoms with Gasteiger partial charge in [0.25, 0.3) is 0 Å². The van der Waals surface area contributed by atoms with Crippen LogP contribution in [0.3, 0.4) is 0 Å². The number of carbonyl (C=O) groups excluding carboxylic acids is 2. The Morgan fingerprint density at radius 2 is 2.00 bits per heavy atom. The Labute approximate surface area is 187 Å². The van der Waals surface area contributed by atoms with Crippen molar-refractivity contribution < 1.29 is 23.8 Å². The van der Waals surface area contributed by atoms with Crippen LogP contribution in [0.15, 0.2) is 41.0 Å². The van der Waals surface area contributed by atoms with E-state index in [0.717, 1.165) is 65.5 Å². The van der Waals surface area contributed by atoms with Gasteiger partial charge in [0.05, 0.1) is 18.3 Å². The molecule has 0 spiro atoms. The molecule has 1 atom stereocenters. The first-order valence-electron chi connectivity index (χ1n) is 11.5. The van der Waals surface area contributed by atoms with Crippen molar-refractivity contribution in [3.05, 3.63) is 42.2 Å². The molecule has 1 saturated heterocycles. The van der Waals surface area contributed by atoms with Crippen LogP contribution >= 0.6 is 0 Å². The zero-order valence-corrected chi connectivity index (χ0v) is 18.4. The lowest BCUT2D eigenvalue weighted by Gasteiger charge is -2.35. The van der Waals surface area contributed by atoms with Crippen LogP contribution in [0.2, 0.25) is 0 Å². The van der Waals surface area contributed by atoms with Crippen LogP contribution in [0.4, 0.5) is 0 Å². The van der Waals surface area contributed by atoms with E-state index >= 15 is 0 Å². The number of ketones is 2. The van der Waals surface area contributed by atoms with E-state index in [-0.39, 0.29) is 23.9 Å². The number of nitrogens with zero attached hydrogens (tertiary/aromatic N) is 1. The third-order valence-corrected chi connectivity index (χ3v) is 7.01. The molecular formula is C26H29NO5. The second kappa shape index (κ2) is 8.34. The number of benzene rings is 2. The maximum absolute atomic E-state index is 12.5. The largest absolute Gasteiger partial charge is 0.492 e. The van der Waals surface area contributed by atoms with Gasteiger partial charge in [-0.1, -0.05) is 6.07 Å². The Morgan fingerprint density at radius 1 is 1.19 bits per heavy atom. The van der Waals surface area contributed by atoms with E-state index in [1.54, 1.807) is 6.26 Å². The molecule has 32 heavy (non-hydrogen) atoms. The summed E-state index contributed by atoms with van der Waals surface area (Å²) in [4.78, 5) is 26.5. The molecule has 3 aromatic rings. The highest BCUT2D eigenvalue weighted by Crippen LogP contribution is 2.39. The SMILES string of the molecule is CC1(O)CCN(CCOc2ccc3c(ccc4occ([C@H]5CCC(=O)CC5=O)c43)c2)CC1. The number of rotatable bonds is 5. The van der Waals surface area contributed by atoms with Gasteiger partial charge in [-0.3, -0.25) is 14.5 Å². The number of hydrogen-bond acceptors (Lipinski definition) is 6. The Bertz CT molecular complexity index is 1170. The lowest BCUT2D eigenvalue weighted by atomic mass is 9.81. The van der Waals surface area contributed by atoms with E-state index in [2.05, 4.69) is 4.90 Å². The van der Waals surface area contributed by atoms with Crippen LogP contribution in [-0.2, 0) is 9.59 Å². The number of Topliss-reactive ketones (excluding diaryl/α,β-unsaturated/α-hetero) is 2. The van der Waals surface area contributed by atoms with E-state index in [1.165, 1.54) is 0 Å². The second-order valence-corrected chi connectivity index (χ2v) is 9.47. The summed E-state index contributed by atoms with van der Waals surface area (Å²) in [5.74, 6) is 0.548. The van der Waals surface area contributed by atoms with Gasteiger partial charge in [0.2, 0.25) is 0 Å². The summed E-state index contributed by atoms with van der Waals surface area (Å²) >= 11 is 0. The zero-order chi connectivity index (χ0) is 22.3. The van der Waals surface area contributed by atoms with Crippen molar-refractivity contribution in [2.24, 2.45) is 0 Å². The summed E-state index contributed by atoms with van der Waals surface area (Å²) in [5.41, 5.74) is 1.11. The summed E-state index contributed by atoms with van der Waals surface area (Å²) in [6, 6.07) is 9.97. The standard InChI is InChI=1S/C26H29NO5/c1-26(30)8-10-27(11-9-26)12-13-31-19-4-6-20-17(14-19)2-7-24-25(20)22(16-32-24)21-5-3-18(28)15-23(21)29/h2,4,6-7,14,16,21,30H,3,5,8-13,15H2,1H3/t21-/m1/s1. The Morgan fingerprint density at radius 3 is 2.78 bits per heavy atom. The molecule has 0 amide bonds. The predicted molar refractivity (Wildman–Crippen MR) is 122 cm³/mol. The number of carbonyl (C=O) groups is 2. The number of ether oxygens (including phenoxy) is 1. The van der Waals surface area contributed by atoms with Crippen molar-refractivity contribution in [3.63, 3.8) is 0 Å². The maximum atomic E-state index is 12.5. The van der Waals surface area contributed by atoms with Gasteiger partial charge >= 0.3 is 0 Å². The molecule has 2 aliphatic rings. The summed E-state index contributed by atoms with van der Waals surface area (Å²) < 4.78 is 11.8. The molecule has 1 aromatic heterocycles. The third-order valence-electron chi connectivity index (χ3n) is 7.01. The Kier molecular flexibility index (Phi) is 5.51. The Balaban J connectivity index is 1.33. The predicted octanol–water partition coefficient (Wildman–Crippen LogP) is 4.22. The van der Waals surface area contributed by atoms with Gasteiger partial charge in [-0.2, -0.15) is 0 Å². The average molecular weight is 436 g/mol. The van der Waals surface area contributed by atoms with Crippen molar-refractivity contribution >= 4 is 33.3 Å². The first-order valence-corrected chi connectivity index (χ1v) is 11.5. The highest BCUT2D eigenvalue weighted by molar-refractivity contribution is 6.11. The lowest BCUT2D eigenvalue weighted by Crippen LogP contribution is -2.43. The average Bonchev–Trinajstić information content (AvgIpc) is 3.19. The number of hydrogen-bond donors (Lipinski definition) is 1. The number of piperidine rings is 1. The maximum Gasteiger partial charge on any atom is 0.147 e. The fraction of sp³-hybridized carbons (Fsp3) is 0.462. The molecule has 6 nitrogen and oxygen atoms in total. The fourth-order valence-electron chi connectivity index (χ4n) is 4.97. The molecule has 0 radical (unpaired) electrons. The van der Waals surface area contributed by atoms with Crippen LogP contribution in [0.5, 0.6) is 5.75 Å². The van der Waals surface area contributed by atoms with E-state index in [4.69, 9.17) is 9.15 Å². The van der Waals surface area contributed by atoms with Gasteiger partial charge < -0.3 is 14.3 Å². The second-order valence-electron chi connectivity index (χ2n) is 9.47. The van der Waals surface area contributed by atoms with Crippen molar-refractivity contribution in [2.75, 3.05) is 26.2 Å². The van der Waals surface area contributed by atoms with E-state index in [9.17, 15) is 14.7 Å². The highest BCUT2D eigenvalue weighted by atomic mass is 16.5. The van der Waals surface area contributed by atoms with Crippen molar-refractivity contribution in [2.45, 2.75) is 50.5 Å². The van der Waals surface area contributed by atoms with Gasteiger partial charge in [0, 0.05) is 42.9 Å². The quantitative estimate of drug-likeness (QED) is 0.605. The molecule has 168 valence electrons. The third kappa shape index (κ3) is 4.17. The van der Waals surface area contributed by atoms with E-state index < -0.39 is 5.60 Å². The van der Waals surface area contributed by atoms with Gasteiger partial charge in [-0.25, -0.2) is 0 Å². The van der Waals surface area contributed by atoms with Crippen LogP contribution < -0.4 is 4.74 Å². The normalized spacial score (nSPS) is 22.0. The summed E-state index contributed by atoms with van der Waals surface area (Å²) in [6.45, 7) is 5.11. The van der Waals surface area contributed by atoms with Crippen molar-refractivity contribution in [1.29, 1.82) is 0 Å². The lowest BCUT2D eigenvalue weighted by molar-refractivity contribution is -0.130. The minimum absolute atomic E-state index is 0.0138. The molecule has 1 aliphatic heterocycles. The van der Waals surface area contributed by atoms with Gasteiger partial charge in [0.1, 0.15) is 29.5 Å². The van der Waals surface area contributed by atoms with Crippen molar-refractivity contribution in [3.8, 4) is 5.75 Å². The van der Waals surface area contributed by atoms with Crippen molar-refractivity contribution in [1.82, 2.24) is 4.90 Å². The number of aliphatic hydroxyl groups is 1. The first kappa shape index (κ1) is 21.2. The summed E-state index contributed by atoms with van der Waals surface area (Å²) in [5, 5.41) is 13.1. The van der Waals surface area contributed by atoms with Crippen LogP contribution in [0.25, 0.3) is 21.7 Å². The minimum atomic E-state index is -0.537. The summed E-state index contributed by atoms with van der Waals surface area (Å²) in [7, 11) is 0. The monoisotopic (exact) mass is 435 g/mol. The number of fused-ring (bicyclic) bond motifs is 3. The van der Waals surface area contributed by atoms with Crippen LogP contribution in [-0.4, -0.2) is 53.4 Å². The van der Waals surface area contributed by atoms with Crippen LogP contribution in [0.1, 0.15) is 50.5 Å². The summed E-state index contributed by atoms with van der Waals surface area (Å²) in [6.07, 6.45) is 4.29. The first-order chi connectivity index (χ1) is 15.4. The minimum Gasteiger partial charge on any atom is -0.492 e. The molecule has 1 saturated carbocycles. The fourth-order valence-corrected chi connectivity index (χ4v) is 4.97. The van der Waals surface area contributed by atoms with Gasteiger partial charge in [-0.15, -0.1) is 0 Å². The molecule has 2 heterocycles. The van der Waals surface area contributed by atoms with Gasteiger partial charge in [-0.05, 0) is 61.2 Å². The molecule has 1 N–H and O–H groups in total. The Hall–Kier alpha value is -2.70. The van der Waals surface area contributed by atoms with E-state index in [1.807, 2.05) is 37.3 Å². The van der Waals surface area contributed by atoms with E-state index in [0.29, 0.717) is 19.4 Å². The highest BCUT2D eigenvalue weighted by Gasteiger charge is 2.31. The van der Waals surface area contributed by atoms with Gasteiger partial charge in [0.15, 0.2) is 0 Å².